The van der Waals surface area contributed by atoms with Gasteiger partial charge in [-0.1, -0.05) is 45.0 Å². The molecule has 0 aliphatic carbocycles. The molecule has 0 spiro atoms. The highest BCUT2D eigenvalue weighted by Crippen LogP contribution is 2.32. The van der Waals surface area contributed by atoms with Gasteiger partial charge in [-0.25, -0.2) is 5.84 Å². The number of benzene rings is 1. The summed E-state index contributed by atoms with van der Waals surface area (Å²) in [4.78, 5) is 3.28. The molecule has 1 aliphatic heterocycles. The van der Waals surface area contributed by atoms with Crippen LogP contribution in [0.25, 0.3) is 5.70 Å². The largest absolute Gasteiger partial charge is 0.397 e. The summed E-state index contributed by atoms with van der Waals surface area (Å²) in [5.74, 6) is 6.15. The Bertz CT molecular complexity index is 689. The Morgan fingerprint density at radius 3 is 2.45 bits per heavy atom. The number of rotatable bonds is 2. The van der Waals surface area contributed by atoms with Crippen LogP contribution in [0.15, 0.2) is 42.7 Å². The molecule has 22 heavy (non-hydrogen) atoms. The predicted molar refractivity (Wildman–Crippen MR) is 90.6 cm³/mol. The summed E-state index contributed by atoms with van der Waals surface area (Å²) in [6.07, 6.45) is 4.57. The number of fused-ring (bicyclic) bond motifs is 1. The molecule has 1 aromatic carbocycles. The van der Waals surface area contributed by atoms with Crippen LogP contribution in [0.3, 0.4) is 0 Å². The Morgan fingerprint density at radius 2 is 1.82 bits per heavy atom. The average molecular weight is 296 g/mol. The highest BCUT2D eigenvalue weighted by molar-refractivity contribution is 5.66. The molecule has 2 heterocycles. The third kappa shape index (κ3) is 2.62. The third-order valence-electron chi connectivity index (χ3n) is 4.32. The number of nitrogens with zero attached hydrogens (tertiary/aromatic N) is 1. The molecule has 4 nitrogen and oxygen atoms in total. The number of aromatic amines is 1. The van der Waals surface area contributed by atoms with E-state index in [4.69, 9.17) is 11.6 Å². The molecule has 0 bridgehead atoms. The van der Waals surface area contributed by atoms with Crippen LogP contribution >= 0.6 is 0 Å². The molecule has 2 aromatic rings. The minimum atomic E-state index is 0.0813. The van der Waals surface area contributed by atoms with Crippen LogP contribution in [0, 0.1) is 0 Å². The second-order valence-electron chi connectivity index (χ2n) is 7.00. The molecular weight excluding hydrogens is 272 g/mol. The zero-order valence-electron chi connectivity index (χ0n) is 13.4. The van der Waals surface area contributed by atoms with Gasteiger partial charge in [-0.05, 0) is 29.0 Å². The minimum Gasteiger partial charge on any atom is -0.397 e. The summed E-state index contributed by atoms with van der Waals surface area (Å²) in [5.41, 5.74) is 11.7. The number of hydrazine groups is 1. The molecule has 1 atom stereocenters. The van der Waals surface area contributed by atoms with E-state index >= 15 is 0 Å². The van der Waals surface area contributed by atoms with Crippen molar-refractivity contribution in [2.75, 3.05) is 0 Å². The van der Waals surface area contributed by atoms with Gasteiger partial charge in [-0.2, -0.15) is 0 Å². The molecule has 1 unspecified atom stereocenters. The van der Waals surface area contributed by atoms with Gasteiger partial charge in [0, 0.05) is 23.7 Å². The average Bonchev–Trinajstić information content (AvgIpc) is 2.93. The van der Waals surface area contributed by atoms with E-state index in [1.165, 1.54) is 11.1 Å². The van der Waals surface area contributed by atoms with Crippen molar-refractivity contribution >= 4 is 5.70 Å². The fourth-order valence-electron chi connectivity index (χ4n) is 2.95. The summed E-state index contributed by atoms with van der Waals surface area (Å²) in [6.45, 7) is 6.68. The van der Waals surface area contributed by atoms with Crippen molar-refractivity contribution in [3.8, 4) is 0 Å². The monoisotopic (exact) mass is 296 g/mol. The van der Waals surface area contributed by atoms with E-state index in [1.807, 2.05) is 18.5 Å². The topological polar surface area (TPSA) is 71.1 Å². The van der Waals surface area contributed by atoms with E-state index in [0.717, 1.165) is 17.7 Å². The summed E-state index contributed by atoms with van der Waals surface area (Å²) < 4.78 is 0. The second kappa shape index (κ2) is 5.21. The lowest BCUT2D eigenvalue weighted by molar-refractivity contribution is 0.277. The molecule has 5 N–H and O–H groups in total. The fourth-order valence-corrected chi connectivity index (χ4v) is 2.95. The maximum Gasteiger partial charge on any atom is 0.0891 e. The predicted octanol–water partition coefficient (Wildman–Crippen LogP) is 3.04. The standard InChI is InChI=1S/C18H24N4/c1-18(2,3)13-6-4-12(5-7-13)10-16-17-14(8-9-21-17)15(19)11-22(16)20/h4-9,11,16,21H,10,19-20H2,1-3H3. The smallest absolute Gasteiger partial charge is 0.0891 e. The van der Waals surface area contributed by atoms with E-state index in [0.29, 0.717) is 5.70 Å². The van der Waals surface area contributed by atoms with Gasteiger partial charge in [0.05, 0.1) is 11.7 Å². The molecule has 116 valence electrons. The molecule has 0 fully saturated rings. The van der Waals surface area contributed by atoms with Crippen molar-refractivity contribution < 1.29 is 0 Å². The normalized spacial score (nSPS) is 18.1. The molecule has 0 saturated carbocycles. The van der Waals surface area contributed by atoms with Gasteiger partial charge in [0.25, 0.3) is 0 Å². The lowest BCUT2D eigenvalue weighted by Crippen LogP contribution is -2.35. The summed E-state index contributed by atoms with van der Waals surface area (Å²) in [6, 6.07) is 10.9. The van der Waals surface area contributed by atoms with E-state index in [9.17, 15) is 0 Å². The van der Waals surface area contributed by atoms with Crippen LogP contribution in [-0.4, -0.2) is 9.99 Å². The van der Waals surface area contributed by atoms with Gasteiger partial charge < -0.3 is 15.7 Å². The lowest BCUT2D eigenvalue weighted by atomic mass is 9.86. The number of aromatic nitrogens is 1. The van der Waals surface area contributed by atoms with Crippen LogP contribution in [0.4, 0.5) is 0 Å². The van der Waals surface area contributed by atoms with Crippen LogP contribution in [-0.2, 0) is 11.8 Å². The van der Waals surface area contributed by atoms with Crippen molar-refractivity contribution in [1.29, 1.82) is 0 Å². The Balaban J connectivity index is 1.85. The van der Waals surface area contributed by atoms with Gasteiger partial charge in [-0.3, -0.25) is 0 Å². The molecule has 1 aliphatic rings. The molecule has 0 saturated heterocycles. The highest BCUT2D eigenvalue weighted by Gasteiger charge is 2.26. The highest BCUT2D eigenvalue weighted by atomic mass is 15.4. The summed E-state index contributed by atoms with van der Waals surface area (Å²) in [5, 5.41) is 1.70. The Kier molecular flexibility index (Phi) is 3.49. The van der Waals surface area contributed by atoms with Gasteiger partial charge >= 0.3 is 0 Å². The number of nitrogens with two attached hydrogens (primary N) is 2. The molecule has 3 rings (SSSR count). The number of nitrogens with one attached hydrogen (secondary N) is 1. The maximum absolute atomic E-state index is 6.15. The van der Waals surface area contributed by atoms with E-state index in [1.54, 1.807) is 5.01 Å². The van der Waals surface area contributed by atoms with Crippen molar-refractivity contribution in [1.82, 2.24) is 9.99 Å². The van der Waals surface area contributed by atoms with Crippen molar-refractivity contribution in [3.05, 3.63) is 65.1 Å². The first-order valence-corrected chi connectivity index (χ1v) is 7.63. The first kappa shape index (κ1) is 14.7. The van der Waals surface area contributed by atoms with Gasteiger partial charge in [0.1, 0.15) is 0 Å². The van der Waals surface area contributed by atoms with Gasteiger partial charge in [0.15, 0.2) is 0 Å². The maximum atomic E-state index is 6.15. The van der Waals surface area contributed by atoms with Gasteiger partial charge in [-0.15, -0.1) is 0 Å². The second-order valence-corrected chi connectivity index (χ2v) is 7.00. The van der Waals surface area contributed by atoms with Crippen LogP contribution < -0.4 is 11.6 Å². The quantitative estimate of drug-likeness (QED) is 0.746. The van der Waals surface area contributed by atoms with Crippen LogP contribution in [0.1, 0.15) is 49.2 Å². The van der Waals surface area contributed by atoms with E-state index in [-0.39, 0.29) is 11.5 Å². The first-order valence-electron chi connectivity index (χ1n) is 7.63. The summed E-state index contributed by atoms with van der Waals surface area (Å²) >= 11 is 0. The Morgan fingerprint density at radius 1 is 1.14 bits per heavy atom. The van der Waals surface area contributed by atoms with E-state index in [2.05, 4.69) is 50.0 Å². The van der Waals surface area contributed by atoms with Gasteiger partial charge in [0.2, 0.25) is 0 Å². The van der Waals surface area contributed by atoms with E-state index < -0.39 is 0 Å². The zero-order valence-corrected chi connectivity index (χ0v) is 13.4. The third-order valence-corrected chi connectivity index (χ3v) is 4.32. The molecule has 4 heteroatoms. The van der Waals surface area contributed by atoms with Crippen molar-refractivity contribution in [2.24, 2.45) is 11.6 Å². The first-order chi connectivity index (χ1) is 10.4. The molecule has 0 radical (unpaired) electrons. The Labute approximate surface area is 131 Å². The molecule has 0 amide bonds. The molecule has 1 aromatic heterocycles. The minimum absolute atomic E-state index is 0.0813. The van der Waals surface area contributed by atoms with Crippen LogP contribution in [0.2, 0.25) is 0 Å². The fraction of sp³-hybridized carbons (Fsp3) is 0.333. The number of hydrogen-bond acceptors (Lipinski definition) is 3. The Hall–Kier alpha value is -2.20. The lowest BCUT2D eigenvalue weighted by Gasteiger charge is -2.31. The van der Waals surface area contributed by atoms with Crippen molar-refractivity contribution in [3.63, 3.8) is 0 Å². The number of H-pyrrole nitrogens is 1. The SMILES string of the molecule is CC(C)(C)c1ccc(CC2c3[nH]ccc3C(N)=CN2N)cc1. The van der Waals surface area contributed by atoms with Crippen LogP contribution in [0.5, 0.6) is 0 Å². The number of hydrogen-bond donors (Lipinski definition) is 3. The van der Waals surface area contributed by atoms with Crippen molar-refractivity contribution in [2.45, 2.75) is 38.6 Å². The molecular formula is C18H24N4. The zero-order chi connectivity index (χ0) is 15.9. The summed E-state index contributed by atoms with van der Waals surface area (Å²) in [7, 11) is 0.